The summed E-state index contributed by atoms with van der Waals surface area (Å²) in [5.74, 6) is 0. The van der Waals surface area contributed by atoms with Crippen molar-refractivity contribution < 1.29 is 18.4 Å². The van der Waals surface area contributed by atoms with Crippen LogP contribution < -0.4 is 4.72 Å². The van der Waals surface area contributed by atoms with Crippen LogP contribution in [-0.4, -0.2) is 31.1 Å². The maximum absolute atomic E-state index is 11.9. The molecule has 0 aliphatic heterocycles. The lowest BCUT2D eigenvalue weighted by Gasteiger charge is -2.11. The van der Waals surface area contributed by atoms with Gasteiger partial charge in [-0.05, 0) is 19.1 Å². The van der Waals surface area contributed by atoms with Crippen molar-refractivity contribution in [2.45, 2.75) is 17.9 Å². The highest BCUT2D eigenvalue weighted by molar-refractivity contribution is 7.89. The van der Waals surface area contributed by atoms with E-state index < -0.39 is 38.2 Å². The van der Waals surface area contributed by atoms with Crippen LogP contribution in [0.5, 0.6) is 0 Å². The largest absolute Gasteiger partial charge is 0.395 e. The molecule has 7 nitrogen and oxygen atoms in total. The highest BCUT2D eigenvalue weighted by Gasteiger charge is 2.27. The molecule has 1 aromatic rings. The van der Waals surface area contributed by atoms with E-state index in [9.17, 15) is 18.5 Å². The Morgan fingerprint density at radius 1 is 1.56 bits per heavy atom. The number of nitro groups is 1. The van der Waals surface area contributed by atoms with Gasteiger partial charge >= 0.3 is 0 Å². The zero-order chi connectivity index (χ0) is 13.9. The van der Waals surface area contributed by atoms with Crippen LogP contribution in [0, 0.1) is 10.1 Å². The van der Waals surface area contributed by atoms with E-state index in [1.807, 2.05) is 0 Å². The van der Waals surface area contributed by atoms with Crippen LogP contribution in [0.25, 0.3) is 0 Å². The molecule has 2 N–H and O–H groups in total. The average Bonchev–Trinajstić information content (AvgIpc) is 2.27. The first-order valence-electron chi connectivity index (χ1n) is 4.85. The standard InChI is InChI=1S/C9H11ClN2O5S/c1-6(5-13)11-18(16,17)9-3-2-7(10)4-8(9)12(14)15/h2-4,6,11,13H,5H2,1H3/t6-/m0/s1. The van der Waals surface area contributed by atoms with Gasteiger partial charge in [0.15, 0.2) is 4.90 Å². The van der Waals surface area contributed by atoms with Crippen molar-refractivity contribution in [2.24, 2.45) is 0 Å². The van der Waals surface area contributed by atoms with E-state index in [0.29, 0.717) is 0 Å². The molecule has 0 radical (unpaired) electrons. The van der Waals surface area contributed by atoms with Gasteiger partial charge in [-0.3, -0.25) is 10.1 Å². The number of hydrogen-bond acceptors (Lipinski definition) is 5. The number of sulfonamides is 1. The van der Waals surface area contributed by atoms with Crippen molar-refractivity contribution in [1.82, 2.24) is 4.72 Å². The summed E-state index contributed by atoms with van der Waals surface area (Å²) in [5, 5.41) is 19.6. The Bertz CT molecular complexity index is 560. The Kier molecular flexibility index (Phi) is 4.63. The molecule has 0 aliphatic carbocycles. The van der Waals surface area contributed by atoms with E-state index in [1.54, 1.807) is 0 Å². The number of nitro benzene ring substituents is 1. The first kappa shape index (κ1) is 14.8. The van der Waals surface area contributed by atoms with Gasteiger partial charge in [-0.15, -0.1) is 0 Å². The smallest absolute Gasteiger partial charge is 0.290 e. The summed E-state index contributed by atoms with van der Waals surface area (Å²) < 4.78 is 25.8. The Hall–Kier alpha value is -1.22. The van der Waals surface area contributed by atoms with Crippen molar-refractivity contribution in [3.63, 3.8) is 0 Å². The van der Waals surface area contributed by atoms with Crippen LogP contribution in [0.3, 0.4) is 0 Å². The maximum Gasteiger partial charge on any atom is 0.290 e. The third-order valence-electron chi connectivity index (χ3n) is 2.04. The lowest BCUT2D eigenvalue weighted by atomic mass is 10.3. The Labute approximate surface area is 109 Å². The van der Waals surface area contributed by atoms with Crippen LogP contribution >= 0.6 is 11.6 Å². The molecule has 0 saturated carbocycles. The molecule has 18 heavy (non-hydrogen) atoms. The Morgan fingerprint density at radius 2 is 2.17 bits per heavy atom. The van der Waals surface area contributed by atoms with Crippen molar-refractivity contribution in [2.75, 3.05) is 6.61 Å². The van der Waals surface area contributed by atoms with E-state index in [4.69, 9.17) is 16.7 Å². The van der Waals surface area contributed by atoms with E-state index in [0.717, 1.165) is 12.1 Å². The van der Waals surface area contributed by atoms with Crippen LogP contribution in [0.1, 0.15) is 6.92 Å². The van der Waals surface area contributed by atoms with Gasteiger partial charge in [-0.25, -0.2) is 13.1 Å². The first-order chi connectivity index (χ1) is 8.27. The van der Waals surface area contributed by atoms with Gasteiger partial charge in [0.25, 0.3) is 5.69 Å². The molecule has 0 aromatic heterocycles. The zero-order valence-corrected chi connectivity index (χ0v) is 10.9. The predicted octanol–water partition coefficient (Wildman–Crippen LogP) is 0.907. The molecule has 9 heteroatoms. The van der Waals surface area contributed by atoms with Gasteiger partial charge < -0.3 is 5.11 Å². The Balaban J connectivity index is 3.28. The quantitative estimate of drug-likeness (QED) is 0.619. The monoisotopic (exact) mass is 294 g/mol. The second kappa shape index (κ2) is 5.61. The second-order valence-electron chi connectivity index (χ2n) is 3.57. The normalized spacial score (nSPS) is 13.3. The number of hydrogen-bond donors (Lipinski definition) is 2. The van der Waals surface area contributed by atoms with Crippen LogP contribution in [-0.2, 0) is 10.0 Å². The number of aliphatic hydroxyl groups is 1. The summed E-state index contributed by atoms with van der Waals surface area (Å²) in [6, 6.07) is 2.50. The molecule has 0 fully saturated rings. The average molecular weight is 295 g/mol. The molecule has 0 aliphatic rings. The summed E-state index contributed by atoms with van der Waals surface area (Å²) in [6.45, 7) is 1.01. The molecule has 0 heterocycles. The fraction of sp³-hybridized carbons (Fsp3) is 0.333. The van der Waals surface area contributed by atoms with E-state index in [-0.39, 0.29) is 5.02 Å². The molecule has 0 amide bonds. The summed E-state index contributed by atoms with van der Waals surface area (Å²) in [5.41, 5.74) is -0.611. The fourth-order valence-corrected chi connectivity index (χ4v) is 2.78. The fourth-order valence-electron chi connectivity index (χ4n) is 1.23. The van der Waals surface area contributed by atoms with E-state index in [2.05, 4.69) is 4.72 Å². The van der Waals surface area contributed by atoms with Crippen molar-refractivity contribution in [1.29, 1.82) is 0 Å². The molecule has 1 aromatic carbocycles. The van der Waals surface area contributed by atoms with Gasteiger partial charge in [0.2, 0.25) is 10.0 Å². The van der Waals surface area contributed by atoms with Crippen molar-refractivity contribution >= 4 is 27.3 Å². The molecule has 0 saturated heterocycles. The third kappa shape index (κ3) is 3.39. The molecular weight excluding hydrogens is 284 g/mol. The summed E-state index contributed by atoms with van der Waals surface area (Å²) in [7, 11) is -4.07. The minimum Gasteiger partial charge on any atom is -0.395 e. The molecule has 0 spiro atoms. The van der Waals surface area contributed by atoms with Gasteiger partial charge in [-0.2, -0.15) is 0 Å². The number of rotatable bonds is 5. The van der Waals surface area contributed by atoms with Gasteiger partial charge in [-0.1, -0.05) is 11.6 Å². The van der Waals surface area contributed by atoms with Crippen LogP contribution in [0.15, 0.2) is 23.1 Å². The number of benzene rings is 1. The predicted molar refractivity (Wildman–Crippen MR) is 65.0 cm³/mol. The molecule has 0 bridgehead atoms. The summed E-state index contributed by atoms with van der Waals surface area (Å²) in [6.07, 6.45) is 0. The number of nitrogens with one attached hydrogen (secondary N) is 1. The first-order valence-corrected chi connectivity index (χ1v) is 6.71. The van der Waals surface area contributed by atoms with Crippen molar-refractivity contribution in [3.05, 3.63) is 33.3 Å². The van der Waals surface area contributed by atoms with Crippen LogP contribution in [0.2, 0.25) is 5.02 Å². The minimum atomic E-state index is -4.07. The molecule has 0 unspecified atom stereocenters. The summed E-state index contributed by atoms with van der Waals surface area (Å²) >= 11 is 5.58. The minimum absolute atomic E-state index is 0.0656. The number of nitrogens with zero attached hydrogens (tertiary/aromatic N) is 1. The number of aliphatic hydroxyl groups excluding tert-OH is 1. The van der Waals surface area contributed by atoms with Gasteiger partial charge in [0.1, 0.15) is 0 Å². The maximum atomic E-state index is 11.9. The molecular formula is C9H11ClN2O5S. The highest BCUT2D eigenvalue weighted by Crippen LogP contribution is 2.27. The van der Waals surface area contributed by atoms with Crippen molar-refractivity contribution in [3.8, 4) is 0 Å². The van der Waals surface area contributed by atoms with Gasteiger partial charge in [0.05, 0.1) is 11.5 Å². The van der Waals surface area contributed by atoms with Crippen LogP contribution in [0.4, 0.5) is 5.69 Å². The third-order valence-corrected chi connectivity index (χ3v) is 3.91. The molecule has 1 atom stereocenters. The molecule has 100 valence electrons. The Morgan fingerprint density at radius 3 is 2.67 bits per heavy atom. The highest BCUT2D eigenvalue weighted by atomic mass is 35.5. The van der Waals surface area contributed by atoms with Gasteiger partial charge in [0, 0.05) is 17.1 Å². The lowest BCUT2D eigenvalue weighted by molar-refractivity contribution is -0.387. The summed E-state index contributed by atoms with van der Waals surface area (Å²) in [4.78, 5) is 9.46. The SMILES string of the molecule is C[C@@H](CO)NS(=O)(=O)c1ccc(Cl)cc1[N+](=O)[O-]. The van der Waals surface area contributed by atoms with E-state index in [1.165, 1.54) is 13.0 Å². The van der Waals surface area contributed by atoms with E-state index >= 15 is 0 Å². The number of halogens is 1. The zero-order valence-electron chi connectivity index (χ0n) is 9.33. The lowest BCUT2D eigenvalue weighted by Crippen LogP contribution is -2.35. The topological polar surface area (TPSA) is 110 Å². The molecule has 1 rings (SSSR count). The second-order valence-corrected chi connectivity index (χ2v) is 5.69.